The fourth-order valence-electron chi connectivity index (χ4n) is 10.2. The Morgan fingerprint density at radius 1 is 0.710 bits per heavy atom. The SMILES string of the molecule is COCC1CC2(C1)CN(C)C(=O)c1c(O)c(=O)c(C(=O)CCc3cccc(Cl)c3F)cn12.COCC1CC2(C1)CN(C)C(=O)c1c(OC(=O)N(C)C)c(=O)c(C(=O)CCc3cccc(Cl)c3F)cn12. The lowest BCUT2D eigenvalue weighted by atomic mass is 9.67. The molecule has 4 heterocycles. The van der Waals surface area contributed by atoms with E-state index in [1.54, 1.807) is 49.6 Å². The van der Waals surface area contributed by atoms with Gasteiger partial charge in [0.15, 0.2) is 28.7 Å². The van der Waals surface area contributed by atoms with E-state index in [0.717, 1.165) is 4.90 Å². The average molecular weight is 997 g/mol. The molecule has 2 aliphatic heterocycles. The van der Waals surface area contributed by atoms with Crippen LogP contribution in [0.3, 0.4) is 0 Å². The van der Waals surface area contributed by atoms with Gasteiger partial charge in [-0.25, -0.2) is 13.6 Å². The standard InChI is InChI=1S/C26H29ClFN3O6.C23H24ClFN2O5/c1-29(2)25(35)37-23-21-24(34)30(3)14-26(10-15(11-26)13-36-4)31(21)12-17(22(23)33)19(32)9-8-16-6-5-7-18(27)20(16)28;1-26-12-23(8-13(9-23)11-32-2)27-10-15(20(29)21(30)19(27)22(26)31)17(28)7-6-14-4-3-5-16(24)18(14)25/h5-7,12,15H,8-11,13-14H2,1-4H3;3-5,10,13,30H,6-9,11-12H2,1-2H3. The van der Waals surface area contributed by atoms with E-state index >= 15 is 0 Å². The summed E-state index contributed by atoms with van der Waals surface area (Å²) >= 11 is 11.6. The predicted molar refractivity (Wildman–Crippen MR) is 250 cm³/mol. The van der Waals surface area contributed by atoms with Gasteiger partial charge in [-0.05, 0) is 73.6 Å². The molecule has 4 aliphatic rings. The van der Waals surface area contributed by atoms with Crippen LogP contribution < -0.4 is 15.6 Å². The van der Waals surface area contributed by atoms with Crippen LogP contribution in [0.5, 0.6) is 11.5 Å². The van der Waals surface area contributed by atoms with E-state index < -0.39 is 74.5 Å². The minimum atomic E-state index is -0.889. The first-order chi connectivity index (χ1) is 32.7. The Labute approximate surface area is 406 Å². The normalized spacial score (nSPS) is 21.2. The number of ketones is 2. The number of amides is 3. The fraction of sp³-hybridized carbons (Fsp3) is 0.449. The number of halogens is 4. The monoisotopic (exact) mass is 995 g/mol. The molecule has 2 fully saturated rings. The number of aryl methyl sites for hydroxylation is 2. The number of aromatic nitrogens is 2. The molecule has 2 aromatic carbocycles. The van der Waals surface area contributed by atoms with Crippen molar-refractivity contribution in [3.8, 4) is 11.5 Å². The predicted octanol–water partition coefficient (Wildman–Crippen LogP) is 6.35. The highest BCUT2D eigenvalue weighted by atomic mass is 35.5. The van der Waals surface area contributed by atoms with E-state index in [1.807, 2.05) is 0 Å². The van der Waals surface area contributed by atoms with Gasteiger partial charge in [-0.3, -0.25) is 28.8 Å². The van der Waals surface area contributed by atoms with Crippen LogP contribution in [-0.4, -0.2) is 127 Å². The van der Waals surface area contributed by atoms with Crippen molar-refractivity contribution in [2.24, 2.45) is 11.8 Å². The molecule has 0 atom stereocenters. The zero-order valence-electron chi connectivity index (χ0n) is 39.0. The zero-order chi connectivity index (χ0) is 50.3. The first-order valence-electron chi connectivity index (χ1n) is 22.3. The average Bonchev–Trinajstić information content (AvgIpc) is 3.28. The first kappa shape index (κ1) is 50.9. The molecular formula is C49H53Cl2F2N5O11. The highest BCUT2D eigenvalue weighted by Crippen LogP contribution is 2.49. The molecule has 69 heavy (non-hydrogen) atoms. The number of carbonyl (C=O) groups excluding carboxylic acids is 5. The smallest absolute Gasteiger partial charge is 0.414 e. The van der Waals surface area contributed by atoms with E-state index in [4.69, 9.17) is 37.4 Å². The molecule has 2 spiro atoms. The van der Waals surface area contributed by atoms with Crippen molar-refractivity contribution in [1.82, 2.24) is 23.8 Å². The number of Topliss-reactive ketones (excluding diaryl/α,β-unsaturated/α-hetero) is 2. The number of aromatic hydroxyl groups is 1. The van der Waals surface area contributed by atoms with Crippen LogP contribution in [0.25, 0.3) is 0 Å². The quantitative estimate of drug-likeness (QED) is 0.147. The minimum Gasteiger partial charge on any atom is -0.503 e. The molecule has 2 saturated carbocycles. The number of ether oxygens (including phenoxy) is 3. The Morgan fingerprint density at radius 3 is 1.57 bits per heavy atom. The van der Waals surface area contributed by atoms with Crippen molar-refractivity contribution < 1.29 is 52.1 Å². The van der Waals surface area contributed by atoms with Gasteiger partial charge >= 0.3 is 6.09 Å². The molecule has 1 N–H and O–H groups in total. The molecule has 20 heteroatoms. The van der Waals surface area contributed by atoms with Gasteiger partial charge in [0.25, 0.3) is 11.8 Å². The molecule has 0 saturated heterocycles. The van der Waals surface area contributed by atoms with Crippen LogP contribution >= 0.6 is 23.2 Å². The number of methoxy groups -OCH3 is 2. The number of carbonyl (C=O) groups is 5. The maximum atomic E-state index is 14.4. The second-order valence-corrected chi connectivity index (χ2v) is 19.4. The van der Waals surface area contributed by atoms with Crippen LogP contribution in [-0.2, 0) is 33.4 Å². The molecule has 0 bridgehead atoms. The van der Waals surface area contributed by atoms with E-state index in [2.05, 4.69) is 0 Å². The fourth-order valence-corrected chi connectivity index (χ4v) is 10.6. The topological polar surface area (TPSA) is 187 Å². The Kier molecular flexibility index (Phi) is 14.9. The van der Waals surface area contributed by atoms with Crippen molar-refractivity contribution in [3.63, 3.8) is 0 Å². The second kappa shape index (κ2) is 20.2. The van der Waals surface area contributed by atoms with Crippen molar-refractivity contribution in [1.29, 1.82) is 0 Å². The number of rotatable bonds is 13. The summed E-state index contributed by atoms with van der Waals surface area (Å²) in [5.74, 6) is -3.97. The van der Waals surface area contributed by atoms with E-state index in [9.17, 15) is 47.4 Å². The summed E-state index contributed by atoms with van der Waals surface area (Å²) in [6.07, 6.45) is 4.36. The Bertz CT molecular complexity index is 2860. The van der Waals surface area contributed by atoms with Gasteiger partial charge in [0.1, 0.15) is 11.6 Å². The Morgan fingerprint density at radius 2 is 1.13 bits per heavy atom. The van der Waals surface area contributed by atoms with Gasteiger partial charge in [0, 0.05) is 93.9 Å². The summed E-state index contributed by atoms with van der Waals surface area (Å²) in [7, 11) is 9.37. The third kappa shape index (κ3) is 9.68. The molecule has 2 aliphatic carbocycles. The van der Waals surface area contributed by atoms with Crippen LogP contribution in [0.15, 0.2) is 58.4 Å². The van der Waals surface area contributed by atoms with Gasteiger partial charge in [-0.2, -0.15) is 0 Å². The lowest BCUT2D eigenvalue weighted by Crippen LogP contribution is -2.60. The van der Waals surface area contributed by atoms with Gasteiger partial charge in [0.2, 0.25) is 16.6 Å². The maximum Gasteiger partial charge on any atom is 0.414 e. The van der Waals surface area contributed by atoms with Gasteiger partial charge < -0.3 is 43.2 Å². The van der Waals surface area contributed by atoms with Crippen LogP contribution in [0.4, 0.5) is 13.6 Å². The third-order valence-corrected chi connectivity index (χ3v) is 14.1. The highest BCUT2D eigenvalue weighted by Gasteiger charge is 2.53. The van der Waals surface area contributed by atoms with Crippen molar-refractivity contribution >= 4 is 52.7 Å². The van der Waals surface area contributed by atoms with E-state index in [-0.39, 0.29) is 81.2 Å². The summed E-state index contributed by atoms with van der Waals surface area (Å²) in [4.78, 5) is 95.0. The van der Waals surface area contributed by atoms with Gasteiger partial charge in [-0.1, -0.05) is 47.5 Å². The molecule has 368 valence electrons. The summed E-state index contributed by atoms with van der Waals surface area (Å²) in [6.45, 7) is 1.87. The van der Waals surface area contributed by atoms with E-state index in [0.29, 0.717) is 52.0 Å². The zero-order valence-corrected chi connectivity index (χ0v) is 40.5. The van der Waals surface area contributed by atoms with Crippen LogP contribution in [0, 0.1) is 23.5 Å². The Hall–Kier alpha value is -5.95. The lowest BCUT2D eigenvalue weighted by molar-refractivity contribution is -0.0190. The molecule has 0 unspecified atom stereocenters. The number of hydrogen-bond donors (Lipinski definition) is 1. The van der Waals surface area contributed by atoms with E-state index in [1.165, 1.54) is 60.6 Å². The molecule has 8 rings (SSSR count). The van der Waals surface area contributed by atoms with Crippen molar-refractivity contribution in [3.05, 3.63) is 125 Å². The number of fused-ring (bicyclic) bond motifs is 4. The number of likely N-dealkylation sites (N-methyl/N-ethyl adjacent to an activating group) is 2. The van der Waals surface area contributed by atoms with Crippen LogP contribution in [0.1, 0.15) is 91.3 Å². The molecule has 4 aromatic rings. The van der Waals surface area contributed by atoms with Gasteiger partial charge in [-0.15, -0.1) is 0 Å². The van der Waals surface area contributed by atoms with Crippen LogP contribution in [0.2, 0.25) is 10.0 Å². The second-order valence-electron chi connectivity index (χ2n) is 18.6. The maximum absolute atomic E-state index is 14.4. The molecular weight excluding hydrogens is 943 g/mol. The molecule has 2 aromatic heterocycles. The summed E-state index contributed by atoms with van der Waals surface area (Å²) in [5, 5.41) is 10.5. The summed E-state index contributed by atoms with van der Waals surface area (Å²) in [6, 6.07) is 9.04. The van der Waals surface area contributed by atoms with Crippen molar-refractivity contribution in [2.45, 2.75) is 62.4 Å². The van der Waals surface area contributed by atoms with Gasteiger partial charge in [0.05, 0.1) is 32.3 Å². The number of hydrogen-bond acceptors (Lipinski definition) is 11. The molecule has 3 amide bonds. The number of pyridine rings is 2. The summed E-state index contributed by atoms with van der Waals surface area (Å²) in [5.41, 5.74) is -2.93. The highest BCUT2D eigenvalue weighted by molar-refractivity contribution is 6.31. The van der Waals surface area contributed by atoms with Crippen molar-refractivity contribution in [2.75, 3.05) is 68.7 Å². The number of nitrogens with zero attached hydrogens (tertiary/aromatic N) is 5. The first-order valence-corrected chi connectivity index (χ1v) is 23.0. The molecule has 16 nitrogen and oxygen atoms in total. The minimum absolute atomic E-state index is 0.0158. The Balaban J connectivity index is 0.000000206. The lowest BCUT2D eigenvalue weighted by Gasteiger charge is -2.54. The third-order valence-electron chi connectivity index (χ3n) is 13.5. The molecule has 0 radical (unpaired) electrons. The summed E-state index contributed by atoms with van der Waals surface area (Å²) < 4.78 is 47.7. The number of benzene rings is 2. The largest absolute Gasteiger partial charge is 0.503 e.